The number of hydrogen-bond donors (Lipinski definition) is 2. The number of ether oxygens (including phenoxy) is 1. The van der Waals surface area contributed by atoms with Crippen LogP contribution < -0.4 is 10.1 Å². The van der Waals surface area contributed by atoms with Gasteiger partial charge in [0, 0.05) is 17.6 Å². The molecule has 1 aromatic heterocycles. The van der Waals surface area contributed by atoms with Crippen LogP contribution in [0.4, 0.5) is 18.9 Å². The summed E-state index contributed by atoms with van der Waals surface area (Å²) in [6.07, 6.45) is -3.61. The second kappa shape index (κ2) is 6.57. The van der Waals surface area contributed by atoms with Crippen LogP contribution in [0.3, 0.4) is 0 Å². The Morgan fingerprint density at radius 2 is 1.92 bits per heavy atom. The Labute approximate surface area is 133 Å². The minimum atomic E-state index is -5.02. The van der Waals surface area contributed by atoms with Crippen LogP contribution >= 0.6 is 0 Å². The lowest BCUT2D eigenvalue weighted by molar-refractivity contribution is -0.274. The third kappa shape index (κ3) is 4.45. The molecule has 6 nitrogen and oxygen atoms in total. The number of carbonyl (C=O) groups is 2. The van der Waals surface area contributed by atoms with E-state index in [9.17, 15) is 22.8 Å². The summed E-state index contributed by atoms with van der Waals surface area (Å²) in [4.78, 5) is 27.1. The molecule has 9 heteroatoms. The topological polar surface area (TPSA) is 88.5 Å². The lowest BCUT2D eigenvalue weighted by Crippen LogP contribution is -2.21. The highest BCUT2D eigenvalue weighted by molar-refractivity contribution is 6.07. The zero-order valence-corrected chi connectivity index (χ0v) is 12.2. The van der Waals surface area contributed by atoms with Crippen LogP contribution in [0.5, 0.6) is 5.75 Å². The zero-order chi connectivity index (χ0) is 17.9. The smallest absolute Gasteiger partial charge is 0.478 e. The van der Waals surface area contributed by atoms with E-state index >= 15 is 0 Å². The molecule has 1 aromatic carbocycles. The molecule has 0 aliphatic carbocycles. The zero-order valence-electron chi connectivity index (χ0n) is 12.2. The fraction of sp³-hybridized carbons (Fsp3) is 0.133. The van der Waals surface area contributed by atoms with Crippen molar-refractivity contribution in [2.24, 2.45) is 0 Å². The Kier molecular flexibility index (Phi) is 4.72. The minimum Gasteiger partial charge on any atom is -0.478 e. The normalized spacial score (nSPS) is 11.0. The molecule has 0 saturated heterocycles. The fourth-order valence-electron chi connectivity index (χ4n) is 1.88. The molecule has 0 atom stereocenters. The van der Waals surface area contributed by atoms with Crippen molar-refractivity contribution in [1.82, 2.24) is 4.98 Å². The molecule has 0 aliphatic rings. The predicted octanol–water partition coefficient (Wildman–Crippen LogP) is 3.24. The van der Waals surface area contributed by atoms with Gasteiger partial charge >= 0.3 is 12.3 Å². The number of anilines is 1. The van der Waals surface area contributed by atoms with Crippen molar-refractivity contribution in [3.63, 3.8) is 0 Å². The van der Waals surface area contributed by atoms with Gasteiger partial charge in [0.25, 0.3) is 5.91 Å². The summed E-state index contributed by atoms with van der Waals surface area (Å²) < 4.78 is 41.1. The summed E-state index contributed by atoms with van der Waals surface area (Å²) in [5.41, 5.74) is -0.0210. The number of hydrogen-bond acceptors (Lipinski definition) is 4. The van der Waals surface area contributed by atoms with Crippen molar-refractivity contribution in [1.29, 1.82) is 0 Å². The van der Waals surface area contributed by atoms with Gasteiger partial charge in [-0.05, 0) is 37.3 Å². The van der Waals surface area contributed by atoms with Gasteiger partial charge in [0.2, 0.25) is 0 Å². The maximum absolute atomic E-state index is 12.4. The average Bonchev–Trinajstić information content (AvgIpc) is 2.45. The van der Waals surface area contributed by atoms with Crippen molar-refractivity contribution in [2.75, 3.05) is 5.32 Å². The van der Waals surface area contributed by atoms with E-state index in [0.29, 0.717) is 11.4 Å². The van der Waals surface area contributed by atoms with E-state index in [2.05, 4.69) is 15.0 Å². The first-order chi connectivity index (χ1) is 11.2. The number of amides is 1. The molecule has 2 aromatic rings. The van der Waals surface area contributed by atoms with Gasteiger partial charge in [-0.1, -0.05) is 0 Å². The first kappa shape index (κ1) is 17.3. The number of carboxylic acid groups (broad SMARTS) is 1. The first-order valence-corrected chi connectivity index (χ1v) is 6.53. The molecule has 1 amide bonds. The highest BCUT2D eigenvalue weighted by Crippen LogP contribution is 2.28. The third-order valence-corrected chi connectivity index (χ3v) is 2.85. The summed E-state index contributed by atoms with van der Waals surface area (Å²) in [5.74, 6) is -3.12. The van der Waals surface area contributed by atoms with Crippen molar-refractivity contribution < 1.29 is 32.6 Å². The van der Waals surface area contributed by atoms with Crippen LogP contribution in [0, 0.1) is 6.92 Å². The van der Waals surface area contributed by atoms with Crippen LogP contribution in [0.25, 0.3) is 0 Å². The molecule has 0 aliphatic heterocycles. The summed E-state index contributed by atoms with van der Waals surface area (Å²) in [6, 6.07) is 5.45. The lowest BCUT2D eigenvalue weighted by Gasteiger charge is -2.14. The Bertz CT molecular complexity index is 791. The van der Waals surface area contributed by atoms with Crippen molar-refractivity contribution >= 4 is 17.6 Å². The number of nitrogens with one attached hydrogen (secondary N) is 1. The molecule has 0 radical (unpaired) electrons. The molecule has 0 unspecified atom stereocenters. The van der Waals surface area contributed by atoms with Crippen LogP contribution in [0.1, 0.15) is 26.4 Å². The van der Waals surface area contributed by atoms with E-state index < -0.39 is 29.6 Å². The number of pyridine rings is 1. The third-order valence-electron chi connectivity index (χ3n) is 2.85. The second-order valence-electron chi connectivity index (χ2n) is 4.70. The van der Waals surface area contributed by atoms with Gasteiger partial charge in [-0.25, -0.2) is 4.79 Å². The predicted molar refractivity (Wildman–Crippen MR) is 77.0 cm³/mol. The Morgan fingerprint density at radius 1 is 1.21 bits per heavy atom. The maximum Gasteiger partial charge on any atom is 0.573 e. The van der Waals surface area contributed by atoms with Gasteiger partial charge in [0.05, 0.1) is 11.1 Å². The number of carboxylic acids is 1. The molecule has 0 bridgehead atoms. The number of aryl methyl sites for hydroxylation is 1. The molecule has 0 saturated carbocycles. The molecular formula is C15H11F3N2O4. The molecule has 0 fully saturated rings. The number of benzene rings is 1. The summed E-state index contributed by atoms with van der Waals surface area (Å²) in [6.45, 7) is 1.67. The van der Waals surface area contributed by atoms with E-state index in [1.165, 1.54) is 18.3 Å². The van der Waals surface area contributed by atoms with Crippen LogP contribution in [0.2, 0.25) is 0 Å². The van der Waals surface area contributed by atoms with Gasteiger partial charge in [-0.15, -0.1) is 13.2 Å². The number of nitrogens with zero attached hydrogens (tertiary/aromatic N) is 1. The molecule has 24 heavy (non-hydrogen) atoms. The Hall–Kier alpha value is -3.10. The Balaban J connectivity index is 2.39. The van der Waals surface area contributed by atoms with Gasteiger partial charge in [-0.2, -0.15) is 0 Å². The van der Waals surface area contributed by atoms with Crippen LogP contribution in [0.15, 0.2) is 36.5 Å². The van der Waals surface area contributed by atoms with Crippen molar-refractivity contribution in [2.45, 2.75) is 13.3 Å². The number of aromatic nitrogens is 1. The van der Waals surface area contributed by atoms with Gasteiger partial charge < -0.3 is 15.2 Å². The van der Waals surface area contributed by atoms with Gasteiger partial charge in [-0.3, -0.25) is 9.78 Å². The highest BCUT2D eigenvalue weighted by atomic mass is 19.4. The van der Waals surface area contributed by atoms with E-state index in [4.69, 9.17) is 5.11 Å². The standard InChI is InChI=1S/C15H11F3N2O4/c1-8-6-10(4-5-19-8)20-13(21)11-7-9(14(22)23)2-3-12(11)24-15(16,17)18/h2-7H,1H3,(H,22,23)(H,19,20,21). The number of aromatic carboxylic acids is 1. The van der Waals surface area contributed by atoms with E-state index in [-0.39, 0.29) is 5.56 Å². The number of rotatable bonds is 4. The number of alkyl halides is 3. The molecule has 0 spiro atoms. The van der Waals surface area contributed by atoms with Crippen LogP contribution in [-0.4, -0.2) is 28.3 Å². The van der Waals surface area contributed by atoms with E-state index in [1.807, 2.05) is 0 Å². The van der Waals surface area contributed by atoms with Gasteiger partial charge in [0.15, 0.2) is 0 Å². The van der Waals surface area contributed by atoms with E-state index in [1.54, 1.807) is 6.92 Å². The molecule has 2 rings (SSSR count). The van der Waals surface area contributed by atoms with Crippen molar-refractivity contribution in [3.05, 3.63) is 53.3 Å². The monoisotopic (exact) mass is 340 g/mol. The molecule has 1 heterocycles. The minimum absolute atomic E-state index is 0.297. The van der Waals surface area contributed by atoms with Crippen molar-refractivity contribution in [3.8, 4) is 5.75 Å². The summed E-state index contributed by atoms with van der Waals surface area (Å²) >= 11 is 0. The molecule has 2 N–H and O–H groups in total. The first-order valence-electron chi connectivity index (χ1n) is 6.53. The van der Waals surface area contributed by atoms with Crippen LogP contribution in [-0.2, 0) is 0 Å². The van der Waals surface area contributed by atoms with Gasteiger partial charge in [0.1, 0.15) is 5.75 Å². The quantitative estimate of drug-likeness (QED) is 0.892. The SMILES string of the molecule is Cc1cc(NC(=O)c2cc(C(=O)O)ccc2OC(F)(F)F)ccn1. The summed E-state index contributed by atoms with van der Waals surface area (Å²) in [5, 5.41) is 11.3. The summed E-state index contributed by atoms with van der Waals surface area (Å²) in [7, 11) is 0. The highest BCUT2D eigenvalue weighted by Gasteiger charge is 2.33. The Morgan fingerprint density at radius 3 is 2.50 bits per heavy atom. The largest absolute Gasteiger partial charge is 0.573 e. The average molecular weight is 340 g/mol. The lowest BCUT2D eigenvalue weighted by atomic mass is 10.1. The molecular weight excluding hydrogens is 329 g/mol. The second-order valence-corrected chi connectivity index (χ2v) is 4.70. The maximum atomic E-state index is 12.4. The molecule has 126 valence electrons. The number of halogens is 3. The fourth-order valence-corrected chi connectivity index (χ4v) is 1.88. The van der Waals surface area contributed by atoms with E-state index in [0.717, 1.165) is 18.2 Å². The number of carbonyl (C=O) groups excluding carboxylic acids is 1.